The number of esters is 2. The summed E-state index contributed by atoms with van der Waals surface area (Å²) in [6, 6.07) is 0. The SMILES string of the molecule is CCCCC/C=C\C/C=C\C/C=C\CCCCCCCCC(=O)OC(COC(=O)CCCCCCCCCCCCCCCCCCCCCCCCCCCCCCCCCCCC)COC(OCC[N+](C)(C)C)C(=O)[O-]. The van der Waals surface area contributed by atoms with Gasteiger partial charge in [-0.2, -0.15) is 0 Å². The van der Waals surface area contributed by atoms with E-state index in [1.54, 1.807) is 0 Å². The van der Waals surface area contributed by atoms with Crippen molar-refractivity contribution in [2.45, 2.75) is 341 Å². The summed E-state index contributed by atoms with van der Waals surface area (Å²) in [6.07, 6.45) is 72.3. The molecule has 0 saturated heterocycles. The van der Waals surface area contributed by atoms with Crippen LogP contribution in [0.25, 0.3) is 0 Å². The van der Waals surface area contributed by atoms with Crippen LogP contribution in [0.1, 0.15) is 328 Å². The van der Waals surface area contributed by atoms with Crippen LogP contribution < -0.4 is 5.11 Å². The van der Waals surface area contributed by atoms with Crippen molar-refractivity contribution >= 4 is 17.9 Å². The standard InChI is InChI=1S/C69H129NO8/c1-6-8-10-12-14-16-18-20-22-24-26-27-28-29-30-31-32-33-34-35-36-37-38-39-40-42-43-45-47-49-51-53-55-57-59-66(71)76-63-65(64-77-69(68(73)74)75-62-61-70(3,4)5)78-67(72)60-58-56-54-52-50-48-46-44-41-25-23-21-19-17-15-13-11-9-7-2/h15,17,21,23,41,44,65,69H,6-14,16,18-20,22,24-40,42-43,45-64H2,1-5H3/b17-15-,23-21-,44-41-. The van der Waals surface area contributed by atoms with E-state index >= 15 is 0 Å². The second kappa shape index (κ2) is 60.6. The molecule has 9 nitrogen and oxygen atoms in total. The molecule has 0 rings (SSSR count). The van der Waals surface area contributed by atoms with Crippen LogP contribution in [0.3, 0.4) is 0 Å². The summed E-state index contributed by atoms with van der Waals surface area (Å²) in [5.74, 6) is -2.28. The number of carbonyl (C=O) groups is 3. The molecule has 0 saturated carbocycles. The number of unbranched alkanes of at least 4 members (excludes halogenated alkanes) is 42. The summed E-state index contributed by atoms with van der Waals surface area (Å²) in [5.41, 5.74) is 0. The van der Waals surface area contributed by atoms with Gasteiger partial charge in [0.2, 0.25) is 0 Å². The van der Waals surface area contributed by atoms with Crippen molar-refractivity contribution in [2.75, 3.05) is 47.5 Å². The lowest BCUT2D eigenvalue weighted by molar-refractivity contribution is -0.870. The maximum absolute atomic E-state index is 12.9. The minimum absolute atomic E-state index is 0.146. The molecular weight excluding hydrogens is 971 g/mol. The van der Waals surface area contributed by atoms with Gasteiger partial charge in [-0.25, -0.2) is 0 Å². The predicted octanol–water partition coefficient (Wildman–Crippen LogP) is 19.1. The van der Waals surface area contributed by atoms with Crippen LogP contribution in [-0.4, -0.2) is 82.3 Å². The summed E-state index contributed by atoms with van der Waals surface area (Å²) in [4.78, 5) is 37.4. The Morgan fingerprint density at radius 1 is 0.385 bits per heavy atom. The molecule has 0 N–H and O–H groups in total. The van der Waals surface area contributed by atoms with E-state index < -0.39 is 24.3 Å². The molecular formula is C69H129NO8. The molecule has 0 aliphatic heterocycles. The third kappa shape index (κ3) is 61.1. The number of rotatable bonds is 63. The Kier molecular flexibility index (Phi) is 58.7. The van der Waals surface area contributed by atoms with Crippen LogP contribution >= 0.6 is 0 Å². The van der Waals surface area contributed by atoms with E-state index in [0.29, 0.717) is 23.9 Å². The number of nitrogens with zero attached hydrogens (tertiary/aromatic N) is 1. The Balaban J connectivity index is 4.03. The van der Waals surface area contributed by atoms with Gasteiger partial charge in [0.15, 0.2) is 12.4 Å². The molecule has 2 unspecified atom stereocenters. The molecule has 0 heterocycles. The molecule has 0 aromatic carbocycles. The Bertz CT molecular complexity index is 1370. The number of hydrogen-bond donors (Lipinski definition) is 0. The molecule has 0 amide bonds. The molecule has 458 valence electrons. The summed E-state index contributed by atoms with van der Waals surface area (Å²) >= 11 is 0. The normalized spacial score (nSPS) is 12.9. The predicted molar refractivity (Wildman–Crippen MR) is 329 cm³/mol. The lowest BCUT2D eigenvalue weighted by atomic mass is 10.0. The zero-order valence-corrected chi connectivity index (χ0v) is 52.3. The van der Waals surface area contributed by atoms with Crippen LogP contribution in [0.5, 0.6) is 0 Å². The van der Waals surface area contributed by atoms with Crippen molar-refractivity contribution in [3.8, 4) is 0 Å². The number of ether oxygens (including phenoxy) is 4. The number of likely N-dealkylation sites (N-methyl/N-ethyl adjacent to an activating group) is 1. The van der Waals surface area contributed by atoms with Gasteiger partial charge in [-0.3, -0.25) is 9.59 Å². The van der Waals surface area contributed by atoms with E-state index in [4.69, 9.17) is 18.9 Å². The molecule has 0 aromatic heterocycles. The van der Waals surface area contributed by atoms with E-state index in [1.807, 2.05) is 21.1 Å². The highest BCUT2D eigenvalue weighted by Crippen LogP contribution is 2.18. The van der Waals surface area contributed by atoms with Gasteiger partial charge < -0.3 is 33.3 Å². The first-order valence-corrected chi connectivity index (χ1v) is 33.6. The van der Waals surface area contributed by atoms with Crippen LogP contribution in [-0.2, 0) is 33.3 Å². The number of carboxylic acids is 1. The van der Waals surface area contributed by atoms with Gasteiger partial charge in [0.05, 0.1) is 40.3 Å². The van der Waals surface area contributed by atoms with E-state index in [2.05, 4.69) is 50.3 Å². The Hall–Kier alpha value is -2.49. The highest BCUT2D eigenvalue weighted by atomic mass is 16.7. The van der Waals surface area contributed by atoms with Gasteiger partial charge in [-0.1, -0.05) is 301 Å². The fourth-order valence-electron chi connectivity index (χ4n) is 9.96. The number of carbonyl (C=O) groups excluding carboxylic acids is 3. The molecule has 0 radical (unpaired) electrons. The summed E-state index contributed by atoms with van der Waals surface area (Å²) in [6.45, 7) is 4.76. The Labute approximate surface area is 483 Å². The van der Waals surface area contributed by atoms with Crippen molar-refractivity contribution < 1.29 is 42.9 Å². The zero-order chi connectivity index (χ0) is 56.9. The van der Waals surface area contributed by atoms with Crippen LogP contribution in [0.15, 0.2) is 36.5 Å². The quantitative estimate of drug-likeness (QED) is 0.0195. The fraction of sp³-hybridized carbons (Fsp3) is 0.870. The lowest BCUT2D eigenvalue weighted by Crippen LogP contribution is -2.44. The van der Waals surface area contributed by atoms with E-state index in [1.165, 1.54) is 225 Å². The molecule has 0 spiro atoms. The first-order chi connectivity index (χ1) is 38.1. The van der Waals surface area contributed by atoms with Crippen molar-refractivity contribution in [3.05, 3.63) is 36.5 Å². The maximum atomic E-state index is 12.9. The van der Waals surface area contributed by atoms with Crippen LogP contribution in [0, 0.1) is 0 Å². The molecule has 9 heteroatoms. The number of aliphatic carboxylic acids is 1. The first kappa shape index (κ1) is 75.5. The van der Waals surface area contributed by atoms with Gasteiger partial charge in [0.25, 0.3) is 0 Å². The number of hydrogen-bond acceptors (Lipinski definition) is 8. The molecule has 0 bridgehead atoms. The summed E-state index contributed by atoms with van der Waals surface area (Å²) < 4.78 is 22.7. The summed E-state index contributed by atoms with van der Waals surface area (Å²) in [5, 5.41) is 11.8. The smallest absolute Gasteiger partial charge is 0.306 e. The first-order valence-electron chi connectivity index (χ1n) is 33.6. The highest BCUT2D eigenvalue weighted by Gasteiger charge is 2.22. The molecule has 0 fully saturated rings. The van der Waals surface area contributed by atoms with E-state index in [0.717, 1.165) is 70.6 Å². The van der Waals surface area contributed by atoms with Crippen molar-refractivity contribution in [1.29, 1.82) is 0 Å². The van der Waals surface area contributed by atoms with E-state index in [-0.39, 0.29) is 32.2 Å². The fourth-order valence-corrected chi connectivity index (χ4v) is 9.96. The topological polar surface area (TPSA) is 111 Å². The monoisotopic (exact) mass is 1100 g/mol. The van der Waals surface area contributed by atoms with E-state index in [9.17, 15) is 19.5 Å². The van der Waals surface area contributed by atoms with Crippen molar-refractivity contribution in [2.24, 2.45) is 0 Å². The molecule has 0 aromatic rings. The summed E-state index contributed by atoms with van der Waals surface area (Å²) in [7, 11) is 5.93. The van der Waals surface area contributed by atoms with Crippen LogP contribution in [0.4, 0.5) is 0 Å². The van der Waals surface area contributed by atoms with Crippen molar-refractivity contribution in [3.63, 3.8) is 0 Å². The molecule has 0 aliphatic rings. The Morgan fingerprint density at radius 3 is 1.05 bits per heavy atom. The minimum atomic E-state index is -1.62. The second-order valence-electron chi connectivity index (χ2n) is 24.1. The lowest BCUT2D eigenvalue weighted by Gasteiger charge is -2.26. The van der Waals surface area contributed by atoms with Gasteiger partial charge in [0.1, 0.15) is 13.2 Å². The van der Waals surface area contributed by atoms with Gasteiger partial charge in [-0.05, 0) is 51.4 Å². The highest BCUT2D eigenvalue weighted by molar-refractivity contribution is 5.70. The second-order valence-corrected chi connectivity index (χ2v) is 24.1. The van der Waals surface area contributed by atoms with Crippen LogP contribution in [0.2, 0.25) is 0 Å². The molecule has 2 atom stereocenters. The average molecular weight is 1100 g/mol. The number of quaternary nitrogens is 1. The third-order valence-electron chi connectivity index (χ3n) is 15.1. The number of carboxylic acid groups (broad SMARTS) is 1. The molecule has 0 aliphatic carbocycles. The Morgan fingerprint density at radius 2 is 0.692 bits per heavy atom. The van der Waals surface area contributed by atoms with Gasteiger partial charge in [-0.15, -0.1) is 0 Å². The minimum Gasteiger partial charge on any atom is -0.545 e. The number of allylic oxidation sites excluding steroid dienone is 6. The molecule has 78 heavy (non-hydrogen) atoms. The van der Waals surface area contributed by atoms with Gasteiger partial charge >= 0.3 is 11.9 Å². The third-order valence-corrected chi connectivity index (χ3v) is 15.1. The zero-order valence-electron chi connectivity index (χ0n) is 52.3. The maximum Gasteiger partial charge on any atom is 0.306 e. The van der Waals surface area contributed by atoms with Gasteiger partial charge in [0, 0.05) is 12.8 Å². The van der Waals surface area contributed by atoms with Crippen molar-refractivity contribution in [1.82, 2.24) is 0 Å². The average Bonchev–Trinajstić information content (AvgIpc) is 3.41. The largest absolute Gasteiger partial charge is 0.545 e.